The topological polar surface area (TPSA) is 97.3 Å². The summed E-state index contributed by atoms with van der Waals surface area (Å²) in [4.78, 5) is 19.1. The van der Waals surface area contributed by atoms with Gasteiger partial charge in [0.15, 0.2) is 11.6 Å². The number of anilines is 1. The molecule has 2 aromatic heterocycles. The number of carbonyl (C=O) groups excluding carboxylic acids is 1. The van der Waals surface area contributed by atoms with Gasteiger partial charge in [0.2, 0.25) is 0 Å². The third-order valence-corrected chi connectivity index (χ3v) is 4.67. The number of carbonyl (C=O) groups is 1. The monoisotopic (exact) mass is 367 g/mol. The van der Waals surface area contributed by atoms with Gasteiger partial charge in [-0.25, -0.2) is 4.79 Å². The van der Waals surface area contributed by atoms with Gasteiger partial charge in [-0.1, -0.05) is 29.4 Å². The third kappa shape index (κ3) is 3.42. The number of benzene rings is 1. The summed E-state index contributed by atoms with van der Waals surface area (Å²) in [5.41, 5.74) is 2.14. The van der Waals surface area contributed by atoms with Gasteiger partial charge < -0.3 is 19.3 Å². The number of urea groups is 1. The molecular weight excluding hydrogens is 346 g/mol. The van der Waals surface area contributed by atoms with Crippen LogP contribution in [0.3, 0.4) is 0 Å². The molecule has 1 N–H and O–H groups in total. The van der Waals surface area contributed by atoms with Gasteiger partial charge in [0.25, 0.3) is 5.89 Å². The van der Waals surface area contributed by atoms with Gasteiger partial charge in [-0.15, -0.1) is 0 Å². The van der Waals surface area contributed by atoms with E-state index in [0.29, 0.717) is 35.9 Å². The molecule has 3 heterocycles. The van der Waals surface area contributed by atoms with Gasteiger partial charge in [-0.2, -0.15) is 4.98 Å². The van der Waals surface area contributed by atoms with E-state index in [1.807, 2.05) is 44.2 Å². The van der Waals surface area contributed by atoms with E-state index in [2.05, 4.69) is 20.6 Å². The number of aromatic nitrogens is 3. The Hall–Kier alpha value is -3.16. The molecule has 3 aromatic rings. The number of nitrogens with zero attached hydrogens (tertiary/aromatic N) is 4. The van der Waals surface area contributed by atoms with Crippen LogP contribution < -0.4 is 5.32 Å². The number of amides is 2. The minimum atomic E-state index is -0.186. The first-order valence-electron chi connectivity index (χ1n) is 9.08. The number of likely N-dealkylation sites (tertiary alicyclic amines) is 1. The van der Waals surface area contributed by atoms with Crippen LogP contribution in [0.15, 0.2) is 39.4 Å². The summed E-state index contributed by atoms with van der Waals surface area (Å²) in [5.74, 6) is 1.75. The molecule has 1 aromatic carbocycles. The molecule has 8 nitrogen and oxygen atoms in total. The first kappa shape index (κ1) is 17.3. The third-order valence-electron chi connectivity index (χ3n) is 4.67. The first-order valence-corrected chi connectivity index (χ1v) is 9.08. The minimum Gasteiger partial charge on any atom is -0.359 e. The van der Waals surface area contributed by atoms with E-state index in [4.69, 9.17) is 9.05 Å². The second kappa shape index (κ2) is 7.22. The van der Waals surface area contributed by atoms with Crippen LogP contribution in [-0.2, 0) is 6.42 Å². The van der Waals surface area contributed by atoms with Crippen molar-refractivity contribution in [1.29, 1.82) is 0 Å². The molecule has 140 valence electrons. The lowest BCUT2D eigenvalue weighted by molar-refractivity contribution is 0.195. The number of para-hydroxylation sites is 1. The highest BCUT2D eigenvalue weighted by Crippen LogP contribution is 2.34. The van der Waals surface area contributed by atoms with Gasteiger partial charge >= 0.3 is 6.03 Å². The minimum absolute atomic E-state index is 0.103. The average molecular weight is 367 g/mol. The number of aryl methyl sites for hydroxylation is 2. The summed E-state index contributed by atoms with van der Waals surface area (Å²) in [5, 5.41) is 10.9. The Morgan fingerprint density at radius 2 is 2.15 bits per heavy atom. The highest BCUT2D eigenvalue weighted by molar-refractivity contribution is 5.93. The Morgan fingerprint density at radius 3 is 2.89 bits per heavy atom. The molecule has 1 aliphatic heterocycles. The lowest BCUT2D eigenvalue weighted by Crippen LogP contribution is -2.34. The SMILES string of the molecule is CCc1noc(-c2ccccc2NC(=O)N2CCC[C@@H]2c2cc(C)no2)n1. The molecule has 27 heavy (non-hydrogen) atoms. The van der Waals surface area contributed by atoms with Crippen molar-refractivity contribution in [1.82, 2.24) is 20.2 Å². The number of rotatable bonds is 4. The van der Waals surface area contributed by atoms with E-state index < -0.39 is 0 Å². The molecule has 1 aliphatic rings. The maximum Gasteiger partial charge on any atom is 0.322 e. The second-order valence-corrected chi connectivity index (χ2v) is 6.57. The summed E-state index contributed by atoms with van der Waals surface area (Å²) in [7, 11) is 0. The molecule has 0 bridgehead atoms. The van der Waals surface area contributed by atoms with Crippen molar-refractivity contribution in [2.75, 3.05) is 11.9 Å². The van der Waals surface area contributed by atoms with Crippen molar-refractivity contribution >= 4 is 11.7 Å². The largest absolute Gasteiger partial charge is 0.359 e. The van der Waals surface area contributed by atoms with Gasteiger partial charge in [0.1, 0.15) is 0 Å². The molecule has 0 radical (unpaired) electrons. The average Bonchev–Trinajstić information content (AvgIpc) is 3.42. The number of hydrogen-bond donors (Lipinski definition) is 1. The fraction of sp³-hybridized carbons (Fsp3) is 0.368. The van der Waals surface area contributed by atoms with Crippen molar-refractivity contribution < 1.29 is 13.8 Å². The Balaban J connectivity index is 1.56. The Labute approximate surface area is 156 Å². The smallest absolute Gasteiger partial charge is 0.322 e. The molecule has 4 rings (SSSR count). The number of nitrogens with one attached hydrogen (secondary N) is 1. The predicted molar refractivity (Wildman–Crippen MR) is 98.1 cm³/mol. The molecule has 1 saturated heterocycles. The summed E-state index contributed by atoms with van der Waals surface area (Å²) >= 11 is 0. The zero-order valence-electron chi connectivity index (χ0n) is 15.3. The van der Waals surface area contributed by atoms with E-state index in [1.54, 1.807) is 4.90 Å². The van der Waals surface area contributed by atoms with Gasteiger partial charge in [0, 0.05) is 19.0 Å². The summed E-state index contributed by atoms with van der Waals surface area (Å²) in [6.07, 6.45) is 2.46. The molecular formula is C19H21N5O3. The van der Waals surface area contributed by atoms with Crippen molar-refractivity contribution in [2.24, 2.45) is 0 Å². The van der Waals surface area contributed by atoms with Crippen LogP contribution in [0.1, 0.15) is 43.1 Å². The fourth-order valence-corrected chi connectivity index (χ4v) is 3.32. The van der Waals surface area contributed by atoms with E-state index in [1.165, 1.54) is 0 Å². The van der Waals surface area contributed by atoms with Crippen LogP contribution in [0.4, 0.5) is 10.5 Å². The fourth-order valence-electron chi connectivity index (χ4n) is 3.32. The molecule has 0 spiro atoms. The maximum atomic E-state index is 12.9. The zero-order chi connectivity index (χ0) is 18.8. The highest BCUT2D eigenvalue weighted by atomic mass is 16.5. The quantitative estimate of drug-likeness (QED) is 0.749. The van der Waals surface area contributed by atoms with Gasteiger partial charge in [0.05, 0.1) is 23.0 Å². The number of hydrogen-bond acceptors (Lipinski definition) is 6. The molecule has 2 amide bonds. The highest BCUT2D eigenvalue weighted by Gasteiger charge is 2.33. The lowest BCUT2D eigenvalue weighted by Gasteiger charge is -2.23. The molecule has 0 unspecified atom stereocenters. The maximum absolute atomic E-state index is 12.9. The van der Waals surface area contributed by atoms with E-state index in [-0.39, 0.29) is 12.1 Å². The Bertz CT molecular complexity index is 948. The summed E-state index contributed by atoms with van der Waals surface area (Å²) in [6, 6.07) is 9.00. The van der Waals surface area contributed by atoms with Gasteiger partial charge in [-0.3, -0.25) is 0 Å². The van der Waals surface area contributed by atoms with Crippen LogP contribution in [-0.4, -0.2) is 32.8 Å². The van der Waals surface area contributed by atoms with Gasteiger partial charge in [-0.05, 0) is 31.9 Å². The van der Waals surface area contributed by atoms with Crippen LogP contribution in [0.25, 0.3) is 11.5 Å². The first-order chi connectivity index (χ1) is 13.2. The Kier molecular flexibility index (Phi) is 4.62. The predicted octanol–water partition coefficient (Wildman–Crippen LogP) is 3.96. The van der Waals surface area contributed by atoms with E-state index in [0.717, 1.165) is 24.3 Å². The van der Waals surface area contributed by atoms with Crippen LogP contribution in [0.5, 0.6) is 0 Å². The van der Waals surface area contributed by atoms with Crippen LogP contribution in [0.2, 0.25) is 0 Å². The van der Waals surface area contributed by atoms with E-state index >= 15 is 0 Å². The molecule has 8 heteroatoms. The zero-order valence-corrected chi connectivity index (χ0v) is 15.3. The second-order valence-electron chi connectivity index (χ2n) is 6.57. The molecule has 1 atom stereocenters. The summed E-state index contributed by atoms with van der Waals surface area (Å²) in [6.45, 7) is 4.50. The van der Waals surface area contributed by atoms with E-state index in [9.17, 15) is 4.79 Å². The Morgan fingerprint density at radius 1 is 1.30 bits per heavy atom. The summed E-state index contributed by atoms with van der Waals surface area (Å²) < 4.78 is 10.7. The van der Waals surface area contributed by atoms with Crippen LogP contribution >= 0.6 is 0 Å². The standard InChI is InChI=1S/C19H21N5O3/c1-3-17-21-18(27-23-17)13-7-4-5-8-14(13)20-19(25)24-10-6-9-15(24)16-11-12(2)22-26-16/h4-5,7-8,11,15H,3,6,9-10H2,1-2H3,(H,20,25)/t15-/m1/s1. The molecule has 0 aliphatic carbocycles. The van der Waals surface area contributed by atoms with Crippen molar-refractivity contribution in [3.63, 3.8) is 0 Å². The van der Waals surface area contributed by atoms with Crippen molar-refractivity contribution in [3.8, 4) is 11.5 Å². The lowest BCUT2D eigenvalue weighted by atomic mass is 10.1. The normalized spacial score (nSPS) is 16.7. The van der Waals surface area contributed by atoms with Crippen LogP contribution in [0, 0.1) is 6.92 Å². The molecule has 0 saturated carbocycles. The molecule has 1 fully saturated rings. The van der Waals surface area contributed by atoms with Crippen molar-refractivity contribution in [2.45, 2.75) is 39.2 Å². The van der Waals surface area contributed by atoms with Crippen molar-refractivity contribution in [3.05, 3.63) is 47.6 Å².